The van der Waals surface area contributed by atoms with E-state index in [-0.39, 0.29) is 0 Å². The van der Waals surface area contributed by atoms with Crippen molar-refractivity contribution in [3.63, 3.8) is 0 Å². The predicted octanol–water partition coefficient (Wildman–Crippen LogP) is 0.114. The van der Waals surface area contributed by atoms with Gasteiger partial charge in [-0.2, -0.15) is 0 Å². The van der Waals surface area contributed by atoms with Crippen molar-refractivity contribution in [2.45, 2.75) is 5.37 Å². The average Bonchev–Trinajstić information content (AvgIpc) is 1.83. The fraction of sp³-hybridized carbons (Fsp3) is 1.00. The number of hydrogen-bond donors (Lipinski definition) is 2. The Kier molecular flexibility index (Phi) is 5.59. The molecular weight excluding hydrogens is 120 g/mol. The van der Waals surface area contributed by atoms with Crippen LogP contribution in [0.15, 0.2) is 0 Å². The van der Waals surface area contributed by atoms with Gasteiger partial charge in [-0.3, -0.25) is 0 Å². The maximum Gasteiger partial charge on any atom is 0.0653 e. The summed E-state index contributed by atoms with van der Waals surface area (Å²) < 4.78 is 0. The molecule has 1 unspecified atom stereocenters. The molecule has 0 spiro atoms. The first kappa shape index (κ1) is 8.27. The van der Waals surface area contributed by atoms with E-state index in [9.17, 15) is 0 Å². The minimum absolute atomic E-state index is 0.556. The fourth-order valence-corrected chi connectivity index (χ4v) is 1.06. The summed E-state index contributed by atoms with van der Waals surface area (Å²) in [5.41, 5.74) is 0. The third kappa shape index (κ3) is 3.29. The average molecular weight is 134 g/mol. The number of rotatable bonds is 4. The van der Waals surface area contributed by atoms with Gasteiger partial charge in [0.25, 0.3) is 0 Å². The normalized spacial score (nSPS) is 13.9. The Bertz CT molecular complexity index is 45.7. The van der Waals surface area contributed by atoms with Gasteiger partial charge >= 0.3 is 0 Å². The molecule has 0 aliphatic heterocycles. The molecule has 50 valence electrons. The van der Waals surface area contributed by atoms with Gasteiger partial charge in [-0.25, -0.2) is 0 Å². The molecule has 3 heteroatoms. The summed E-state index contributed by atoms with van der Waals surface area (Å²) in [7, 11) is 3.93. The highest BCUT2D eigenvalue weighted by Crippen LogP contribution is 1.98. The summed E-state index contributed by atoms with van der Waals surface area (Å²) in [6, 6.07) is 0. The molecular formula is C5H14N2S. The van der Waals surface area contributed by atoms with E-state index in [1.807, 2.05) is 25.9 Å². The van der Waals surface area contributed by atoms with E-state index in [1.54, 1.807) is 0 Å². The lowest BCUT2D eigenvalue weighted by Gasteiger charge is -2.10. The molecule has 1 atom stereocenters. The second kappa shape index (κ2) is 5.41. The lowest BCUT2D eigenvalue weighted by Crippen LogP contribution is -2.31. The Labute approximate surface area is 55.4 Å². The number of nitrogens with one attached hydrogen (secondary N) is 2. The molecule has 0 amide bonds. The van der Waals surface area contributed by atoms with E-state index in [0.717, 1.165) is 6.54 Å². The van der Waals surface area contributed by atoms with E-state index in [2.05, 4.69) is 16.9 Å². The Morgan fingerprint density at radius 3 is 2.25 bits per heavy atom. The summed E-state index contributed by atoms with van der Waals surface area (Å²) in [4.78, 5) is 0. The zero-order chi connectivity index (χ0) is 6.41. The van der Waals surface area contributed by atoms with Crippen LogP contribution in [-0.4, -0.2) is 32.3 Å². The highest BCUT2D eigenvalue weighted by molar-refractivity contribution is 7.99. The van der Waals surface area contributed by atoms with Crippen LogP contribution in [0.3, 0.4) is 0 Å². The maximum absolute atomic E-state index is 3.15. The first-order chi connectivity index (χ1) is 3.85. The van der Waals surface area contributed by atoms with Gasteiger partial charge in [0.1, 0.15) is 0 Å². The molecule has 0 bridgehead atoms. The Hall–Kier alpha value is 0.270. The lowest BCUT2D eigenvalue weighted by atomic mass is 10.6. The van der Waals surface area contributed by atoms with Crippen LogP contribution in [0.5, 0.6) is 0 Å². The molecule has 0 aliphatic carbocycles. The van der Waals surface area contributed by atoms with Crippen molar-refractivity contribution in [2.24, 2.45) is 0 Å². The van der Waals surface area contributed by atoms with Gasteiger partial charge in [0.2, 0.25) is 0 Å². The largest absolute Gasteiger partial charge is 0.317 e. The van der Waals surface area contributed by atoms with Gasteiger partial charge in [-0.1, -0.05) is 0 Å². The molecule has 0 aromatic heterocycles. The van der Waals surface area contributed by atoms with Gasteiger partial charge in [-0.05, 0) is 20.4 Å². The second-order valence-electron chi connectivity index (χ2n) is 1.57. The van der Waals surface area contributed by atoms with Crippen molar-refractivity contribution in [1.82, 2.24) is 10.6 Å². The SMILES string of the molecule is CNCC(NC)SC. The van der Waals surface area contributed by atoms with Crippen molar-refractivity contribution in [2.75, 3.05) is 26.9 Å². The molecule has 0 saturated heterocycles. The van der Waals surface area contributed by atoms with Crippen molar-refractivity contribution < 1.29 is 0 Å². The van der Waals surface area contributed by atoms with Crippen LogP contribution < -0.4 is 10.6 Å². The second-order valence-corrected chi connectivity index (χ2v) is 2.61. The third-order valence-electron chi connectivity index (χ3n) is 0.996. The quantitative estimate of drug-likeness (QED) is 0.534. The van der Waals surface area contributed by atoms with Gasteiger partial charge in [0.15, 0.2) is 0 Å². The predicted molar refractivity (Wildman–Crippen MR) is 40.3 cm³/mol. The van der Waals surface area contributed by atoms with Crippen LogP contribution >= 0.6 is 11.8 Å². The van der Waals surface area contributed by atoms with Gasteiger partial charge in [-0.15, -0.1) is 11.8 Å². The first-order valence-electron chi connectivity index (χ1n) is 2.69. The third-order valence-corrected chi connectivity index (χ3v) is 1.97. The molecule has 0 aromatic carbocycles. The molecule has 0 aliphatic rings. The van der Waals surface area contributed by atoms with E-state index in [0.29, 0.717) is 5.37 Å². The van der Waals surface area contributed by atoms with Crippen LogP contribution in [0.25, 0.3) is 0 Å². The van der Waals surface area contributed by atoms with E-state index < -0.39 is 0 Å². The highest BCUT2D eigenvalue weighted by atomic mass is 32.2. The monoisotopic (exact) mass is 134 g/mol. The van der Waals surface area contributed by atoms with Crippen molar-refractivity contribution >= 4 is 11.8 Å². The van der Waals surface area contributed by atoms with Crippen LogP contribution in [0.2, 0.25) is 0 Å². The van der Waals surface area contributed by atoms with Crippen molar-refractivity contribution in [3.8, 4) is 0 Å². The summed E-state index contributed by atoms with van der Waals surface area (Å²) in [5.74, 6) is 0. The highest BCUT2D eigenvalue weighted by Gasteiger charge is 1.97. The minimum Gasteiger partial charge on any atom is -0.317 e. The van der Waals surface area contributed by atoms with Gasteiger partial charge < -0.3 is 10.6 Å². The van der Waals surface area contributed by atoms with E-state index >= 15 is 0 Å². The Morgan fingerprint density at radius 2 is 2.12 bits per heavy atom. The van der Waals surface area contributed by atoms with Crippen molar-refractivity contribution in [1.29, 1.82) is 0 Å². The lowest BCUT2D eigenvalue weighted by molar-refractivity contribution is 0.677. The van der Waals surface area contributed by atoms with Crippen LogP contribution in [0.1, 0.15) is 0 Å². The van der Waals surface area contributed by atoms with Crippen LogP contribution in [0.4, 0.5) is 0 Å². The molecule has 0 heterocycles. The topological polar surface area (TPSA) is 24.1 Å². The first-order valence-corrected chi connectivity index (χ1v) is 3.98. The number of thioether (sulfide) groups is 1. The fourth-order valence-electron chi connectivity index (χ4n) is 0.489. The van der Waals surface area contributed by atoms with Crippen LogP contribution in [-0.2, 0) is 0 Å². The molecule has 0 saturated carbocycles. The molecule has 2 N–H and O–H groups in total. The summed E-state index contributed by atoms with van der Waals surface area (Å²) in [5, 5.41) is 6.79. The Morgan fingerprint density at radius 1 is 1.50 bits per heavy atom. The number of hydrogen-bond acceptors (Lipinski definition) is 3. The minimum atomic E-state index is 0.556. The number of likely N-dealkylation sites (N-methyl/N-ethyl adjacent to an activating group) is 2. The summed E-state index contributed by atoms with van der Waals surface area (Å²) >= 11 is 1.82. The smallest absolute Gasteiger partial charge is 0.0653 e. The molecule has 0 fully saturated rings. The molecule has 2 nitrogen and oxygen atoms in total. The molecule has 0 radical (unpaired) electrons. The zero-order valence-corrected chi connectivity index (χ0v) is 6.51. The standard InChI is InChI=1S/C5H14N2S/c1-6-4-5(7-2)8-3/h5-7H,4H2,1-3H3. The summed E-state index contributed by atoms with van der Waals surface area (Å²) in [6.45, 7) is 1.03. The van der Waals surface area contributed by atoms with Gasteiger partial charge in [0.05, 0.1) is 5.37 Å². The Balaban J connectivity index is 3.07. The summed E-state index contributed by atoms with van der Waals surface area (Å²) in [6.07, 6.45) is 2.10. The zero-order valence-electron chi connectivity index (χ0n) is 5.69. The van der Waals surface area contributed by atoms with E-state index in [4.69, 9.17) is 0 Å². The van der Waals surface area contributed by atoms with Crippen molar-refractivity contribution in [3.05, 3.63) is 0 Å². The van der Waals surface area contributed by atoms with Crippen LogP contribution in [0, 0.1) is 0 Å². The maximum atomic E-state index is 3.15. The van der Waals surface area contributed by atoms with E-state index in [1.165, 1.54) is 0 Å². The molecule has 8 heavy (non-hydrogen) atoms. The molecule has 0 rings (SSSR count). The molecule has 0 aromatic rings. The van der Waals surface area contributed by atoms with Gasteiger partial charge in [0, 0.05) is 6.54 Å².